The van der Waals surface area contributed by atoms with Crippen molar-refractivity contribution in [3.8, 4) is 16.9 Å². The first-order valence-corrected chi connectivity index (χ1v) is 8.35. The van der Waals surface area contributed by atoms with Crippen molar-refractivity contribution in [1.82, 2.24) is 15.0 Å². The van der Waals surface area contributed by atoms with Crippen LogP contribution in [0.25, 0.3) is 22.3 Å². The Kier molecular flexibility index (Phi) is 4.17. The van der Waals surface area contributed by atoms with Crippen LogP contribution in [0.4, 0.5) is 0 Å². The molecule has 124 valence electrons. The van der Waals surface area contributed by atoms with Gasteiger partial charge in [0.2, 0.25) is 0 Å². The first-order chi connectivity index (χ1) is 12.3. The highest BCUT2D eigenvalue weighted by molar-refractivity contribution is 5.78. The van der Waals surface area contributed by atoms with Crippen LogP contribution in [0.3, 0.4) is 0 Å². The summed E-state index contributed by atoms with van der Waals surface area (Å²) in [5.41, 5.74) is 5.22. The molecule has 2 heterocycles. The lowest BCUT2D eigenvalue weighted by atomic mass is 10.1. The molecule has 4 aromatic rings. The van der Waals surface area contributed by atoms with Crippen LogP contribution in [-0.4, -0.2) is 22.1 Å². The third-order valence-corrected chi connectivity index (χ3v) is 4.28. The van der Waals surface area contributed by atoms with Gasteiger partial charge in [0.15, 0.2) is 5.65 Å². The fraction of sp³-hybridized carbons (Fsp3) is 0.143. The molecule has 0 atom stereocenters. The van der Waals surface area contributed by atoms with Gasteiger partial charge in [-0.2, -0.15) is 0 Å². The van der Waals surface area contributed by atoms with E-state index < -0.39 is 0 Å². The monoisotopic (exact) mass is 329 g/mol. The number of pyridine rings is 1. The number of aromatic nitrogens is 3. The first-order valence-electron chi connectivity index (χ1n) is 8.35. The van der Waals surface area contributed by atoms with Crippen molar-refractivity contribution in [3.63, 3.8) is 0 Å². The van der Waals surface area contributed by atoms with Gasteiger partial charge in [0.1, 0.15) is 11.6 Å². The second kappa shape index (κ2) is 6.77. The zero-order valence-corrected chi connectivity index (χ0v) is 14.1. The van der Waals surface area contributed by atoms with E-state index in [2.05, 4.69) is 45.3 Å². The molecule has 0 aliphatic heterocycles. The average Bonchev–Trinajstić information content (AvgIpc) is 3.09. The van der Waals surface area contributed by atoms with E-state index in [0.29, 0.717) is 0 Å². The molecule has 4 heteroatoms. The van der Waals surface area contributed by atoms with E-state index in [4.69, 9.17) is 4.74 Å². The van der Waals surface area contributed by atoms with Gasteiger partial charge in [-0.25, -0.2) is 9.97 Å². The number of fused-ring (bicyclic) bond motifs is 1. The van der Waals surface area contributed by atoms with Crippen LogP contribution in [0, 0.1) is 0 Å². The number of rotatable bonds is 5. The van der Waals surface area contributed by atoms with Crippen LogP contribution >= 0.6 is 0 Å². The maximum atomic E-state index is 5.28. The van der Waals surface area contributed by atoms with Crippen LogP contribution in [-0.2, 0) is 12.8 Å². The van der Waals surface area contributed by atoms with Crippen molar-refractivity contribution in [1.29, 1.82) is 0 Å². The topological polar surface area (TPSA) is 50.8 Å². The maximum absolute atomic E-state index is 5.28. The molecule has 0 amide bonds. The van der Waals surface area contributed by atoms with Crippen molar-refractivity contribution in [2.24, 2.45) is 0 Å². The first kappa shape index (κ1) is 15.4. The molecule has 0 unspecified atom stereocenters. The summed E-state index contributed by atoms with van der Waals surface area (Å²) in [7, 11) is 1.69. The SMILES string of the molecule is COc1cccc(CCc2nc3ncc(-c4ccccc4)cc3[nH]2)c1. The molecule has 0 saturated carbocycles. The van der Waals surface area contributed by atoms with E-state index in [1.807, 2.05) is 36.5 Å². The molecule has 4 nitrogen and oxygen atoms in total. The molecule has 0 aliphatic rings. The molecule has 0 aliphatic carbocycles. The van der Waals surface area contributed by atoms with Crippen molar-refractivity contribution in [2.75, 3.05) is 7.11 Å². The summed E-state index contributed by atoms with van der Waals surface area (Å²) >= 11 is 0. The number of benzene rings is 2. The summed E-state index contributed by atoms with van der Waals surface area (Å²) in [5, 5.41) is 0. The van der Waals surface area contributed by atoms with Crippen molar-refractivity contribution in [2.45, 2.75) is 12.8 Å². The number of nitrogens with zero attached hydrogens (tertiary/aromatic N) is 2. The van der Waals surface area contributed by atoms with E-state index in [1.165, 1.54) is 5.56 Å². The largest absolute Gasteiger partial charge is 0.497 e. The summed E-state index contributed by atoms with van der Waals surface area (Å²) in [6.07, 6.45) is 3.62. The second-order valence-electron chi connectivity index (χ2n) is 6.00. The fourth-order valence-electron chi connectivity index (χ4n) is 2.95. The normalized spacial score (nSPS) is 10.9. The van der Waals surface area contributed by atoms with Gasteiger partial charge in [0.05, 0.1) is 12.6 Å². The zero-order chi connectivity index (χ0) is 17.1. The highest BCUT2D eigenvalue weighted by Gasteiger charge is 2.07. The van der Waals surface area contributed by atoms with Gasteiger partial charge in [-0.1, -0.05) is 42.5 Å². The lowest BCUT2D eigenvalue weighted by Crippen LogP contribution is -1.94. The highest BCUT2D eigenvalue weighted by atomic mass is 16.5. The summed E-state index contributed by atoms with van der Waals surface area (Å²) in [6, 6.07) is 20.5. The van der Waals surface area contributed by atoms with E-state index in [-0.39, 0.29) is 0 Å². The molecule has 0 radical (unpaired) electrons. The molecule has 0 spiro atoms. The lowest BCUT2D eigenvalue weighted by molar-refractivity contribution is 0.414. The minimum absolute atomic E-state index is 0.764. The Bertz CT molecular complexity index is 992. The molecule has 0 saturated heterocycles. The van der Waals surface area contributed by atoms with Gasteiger partial charge in [0, 0.05) is 18.2 Å². The van der Waals surface area contributed by atoms with Gasteiger partial charge >= 0.3 is 0 Å². The summed E-state index contributed by atoms with van der Waals surface area (Å²) in [6.45, 7) is 0. The number of imidazole rings is 1. The number of aryl methyl sites for hydroxylation is 2. The van der Waals surface area contributed by atoms with E-state index in [9.17, 15) is 0 Å². The smallest absolute Gasteiger partial charge is 0.177 e. The van der Waals surface area contributed by atoms with Crippen molar-refractivity contribution >= 4 is 11.2 Å². The molecule has 1 N–H and O–H groups in total. The predicted octanol–water partition coefficient (Wildman–Crippen LogP) is 4.42. The van der Waals surface area contributed by atoms with Crippen LogP contribution in [0.5, 0.6) is 5.75 Å². The molecule has 4 rings (SSSR count). The second-order valence-corrected chi connectivity index (χ2v) is 6.00. The fourth-order valence-corrected chi connectivity index (χ4v) is 2.95. The van der Waals surface area contributed by atoms with Crippen molar-refractivity contribution in [3.05, 3.63) is 78.2 Å². The Hall–Kier alpha value is -3.14. The average molecular weight is 329 g/mol. The number of H-pyrrole nitrogens is 1. The van der Waals surface area contributed by atoms with Crippen LogP contribution in [0.1, 0.15) is 11.4 Å². The summed E-state index contributed by atoms with van der Waals surface area (Å²) < 4.78 is 5.28. The van der Waals surface area contributed by atoms with Gasteiger partial charge in [0.25, 0.3) is 0 Å². The maximum Gasteiger partial charge on any atom is 0.177 e. The number of ether oxygens (including phenoxy) is 1. The van der Waals surface area contributed by atoms with Crippen LogP contribution in [0.2, 0.25) is 0 Å². The molecule has 2 aromatic heterocycles. The molecular weight excluding hydrogens is 310 g/mol. The van der Waals surface area contributed by atoms with Gasteiger partial charge < -0.3 is 9.72 Å². The highest BCUT2D eigenvalue weighted by Crippen LogP contribution is 2.22. The van der Waals surface area contributed by atoms with Gasteiger partial charge in [-0.15, -0.1) is 0 Å². The third kappa shape index (κ3) is 3.38. The number of aromatic amines is 1. The molecule has 0 fully saturated rings. The number of hydrogen-bond acceptors (Lipinski definition) is 3. The van der Waals surface area contributed by atoms with Crippen molar-refractivity contribution < 1.29 is 4.74 Å². The minimum Gasteiger partial charge on any atom is -0.497 e. The van der Waals surface area contributed by atoms with E-state index in [1.54, 1.807) is 7.11 Å². The Balaban J connectivity index is 1.55. The Labute approximate surface area is 146 Å². The Morgan fingerprint density at radius 3 is 2.64 bits per heavy atom. The van der Waals surface area contributed by atoms with Crippen LogP contribution in [0.15, 0.2) is 66.9 Å². The molecule has 2 aromatic carbocycles. The standard InChI is InChI=1S/C21H19N3O/c1-25-18-9-5-6-15(12-18)10-11-20-23-19-13-17(14-22-21(19)24-20)16-7-3-2-4-8-16/h2-9,12-14H,10-11H2,1H3,(H,22,23,24). The third-order valence-electron chi connectivity index (χ3n) is 4.28. The van der Waals surface area contributed by atoms with Gasteiger partial charge in [-0.3, -0.25) is 0 Å². The number of nitrogens with one attached hydrogen (secondary N) is 1. The van der Waals surface area contributed by atoms with Gasteiger partial charge in [-0.05, 0) is 35.7 Å². The molecule has 0 bridgehead atoms. The Morgan fingerprint density at radius 1 is 0.920 bits per heavy atom. The number of methoxy groups -OCH3 is 1. The summed E-state index contributed by atoms with van der Waals surface area (Å²) in [4.78, 5) is 12.5. The number of hydrogen-bond donors (Lipinski definition) is 1. The predicted molar refractivity (Wildman–Crippen MR) is 99.7 cm³/mol. The lowest BCUT2D eigenvalue weighted by Gasteiger charge is -2.03. The summed E-state index contributed by atoms with van der Waals surface area (Å²) in [5.74, 6) is 1.84. The van der Waals surface area contributed by atoms with E-state index >= 15 is 0 Å². The zero-order valence-electron chi connectivity index (χ0n) is 14.1. The Morgan fingerprint density at radius 2 is 1.80 bits per heavy atom. The molecular formula is C21H19N3O. The van der Waals surface area contributed by atoms with Crippen LogP contribution < -0.4 is 4.74 Å². The quantitative estimate of drug-likeness (QED) is 0.590. The molecule has 25 heavy (non-hydrogen) atoms. The van der Waals surface area contributed by atoms with E-state index in [0.717, 1.165) is 46.7 Å². The minimum atomic E-state index is 0.764.